The predicted octanol–water partition coefficient (Wildman–Crippen LogP) is 1.86. The molecule has 0 aromatic carbocycles. The molecule has 2 aliphatic heterocycles. The fraction of sp³-hybridized carbons (Fsp3) is 1.00. The van der Waals surface area contributed by atoms with E-state index in [2.05, 4.69) is 0 Å². The van der Waals surface area contributed by atoms with Crippen LogP contribution in [0.4, 0.5) is 0 Å². The molecule has 0 spiro atoms. The van der Waals surface area contributed by atoms with Gasteiger partial charge < -0.3 is 18.1 Å². The Labute approximate surface area is 80.2 Å². The molecule has 5 nitrogen and oxygen atoms in total. The van der Waals surface area contributed by atoms with E-state index < -0.39 is 17.1 Å². The maximum absolute atomic E-state index is 5.48. The van der Waals surface area contributed by atoms with E-state index >= 15 is 0 Å². The van der Waals surface area contributed by atoms with Crippen molar-refractivity contribution in [1.29, 1.82) is 0 Å². The van der Waals surface area contributed by atoms with Crippen molar-refractivity contribution >= 4 is 17.1 Å². The minimum Gasteiger partial charge on any atom is -0.322 e. The highest BCUT2D eigenvalue weighted by atomic mass is 31.2. The summed E-state index contributed by atoms with van der Waals surface area (Å²) in [5.41, 5.74) is 0. The third kappa shape index (κ3) is 2.57. The van der Waals surface area contributed by atoms with Gasteiger partial charge in [-0.25, -0.2) is 0 Å². The maximum Gasteiger partial charge on any atom is 0.266 e. The van der Waals surface area contributed by atoms with Crippen molar-refractivity contribution in [1.82, 2.24) is 4.44 Å². The summed E-state index contributed by atoms with van der Waals surface area (Å²) in [7, 11) is 0.0758. The van der Waals surface area contributed by atoms with Crippen LogP contribution in [0.5, 0.6) is 0 Å². The van der Waals surface area contributed by atoms with Crippen molar-refractivity contribution in [3.8, 4) is 0 Å². The smallest absolute Gasteiger partial charge is 0.266 e. The van der Waals surface area contributed by atoms with Crippen LogP contribution < -0.4 is 0 Å². The second-order valence-corrected chi connectivity index (χ2v) is 6.15. The molecule has 2 rings (SSSR count). The van der Waals surface area contributed by atoms with Gasteiger partial charge in [-0.05, 0) is 6.42 Å². The van der Waals surface area contributed by atoms with Gasteiger partial charge in [-0.15, -0.1) is 0 Å². The van der Waals surface area contributed by atoms with Crippen molar-refractivity contribution < 1.29 is 18.1 Å². The predicted molar refractivity (Wildman–Crippen MR) is 50.0 cm³/mol. The first kappa shape index (κ1) is 10.2. The number of hydrogen-bond acceptors (Lipinski definition) is 5. The van der Waals surface area contributed by atoms with E-state index in [9.17, 15) is 0 Å². The first-order valence-electron chi connectivity index (χ1n) is 4.23. The van der Waals surface area contributed by atoms with Gasteiger partial charge in [0.05, 0.1) is 26.4 Å². The summed E-state index contributed by atoms with van der Waals surface area (Å²) in [5, 5.41) is 0. The average Bonchev–Trinajstić information content (AvgIpc) is 2.71. The molecule has 0 atom stereocenters. The van der Waals surface area contributed by atoms with Crippen LogP contribution in [0.15, 0.2) is 0 Å². The zero-order chi connectivity index (χ0) is 9.10. The lowest BCUT2D eigenvalue weighted by atomic mass is 10.5. The fourth-order valence-electron chi connectivity index (χ4n) is 1.04. The summed E-state index contributed by atoms with van der Waals surface area (Å²) in [4.78, 5) is 0. The molecule has 0 aliphatic carbocycles. The highest BCUT2D eigenvalue weighted by molar-refractivity contribution is 7.60. The summed E-state index contributed by atoms with van der Waals surface area (Å²) in [5.74, 6) is 0. The third-order valence-corrected chi connectivity index (χ3v) is 5.09. The molecule has 2 fully saturated rings. The average molecular weight is 225 g/mol. The van der Waals surface area contributed by atoms with E-state index in [0.717, 1.165) is 19.6 Å². The Morgan fingerprint density at radius 3 is 1.85 bits per heavy atom. The van der Waals surface area contributed by atoms with Crippen molar-refractivity contribution in [3.05, 3.63) is 0 Å². The van der Waals surface area contributed by atoms with E-state index in [4.69, 9.17) is 18.1 Å². The molecule has 2 saturated heterocycles. The summed E-state index contributed by atoms with van der Waals surface area (Å²) in [6.45, 7) is 2.91. The minimum absolute atomic E-state index is 0.680. The molecule has 0 saturated carbocycles. The molecule has 0 N–H and O–H groups in total. The Morgan fingerprint density at radius 1 is 0.846 bits per heavy atom. The first-order valence-corrected chi connectivity index (χ1v) is 6.49. The van der Waals surface area contributed by atoms with Crippen LogP contribution >= 0.6 is 17.1 Å². The molecule has 0 aromatic heterocycles. The quantitative estimate of drug-likeness (QED) is 0.671. The SMILES string of the molecule is CN(P1OCCCO1)P1OCCO1. The van der Waals surface area contributed by atoms with E-state index in [1.807, 2.05) is 11.5 Å². The van der Waals surface area contributed by atoms with Crippen LogP contribution in [-0.2, 0) is 18.1 Å². The Hall–Kier alpha value is 0.660. The molecule has 0 radical (unpaired) electrons. The van der Waals surface area contributed by atoms with E-state index in [-0.39, 0.29) is 0 Å². The highest BCUT2D eigenvalue weighted by Crippen LogP contribution is 2.59. The molecule has 0 bridgehead atoms. The van der Waals surface area contributed by atoms with Gasteiger partial charge in [0, 0.05) is 7.05 Å². The Bertz CT molecular complexity index is 161. The van der Waals surface area contributed by atoms with Gasteiger partial charge >= 0.3 is 0 Å². The molecule has 0 amide bonds. The van der Waals surface area contributed by atoms with Gasteiger partial charge in [0.1, 0.15) is 0 Å². The Morgan fingerprint density at radius 2 is 1.31 bits per heavy atom. The Balaban J connectivity index is 1.83. The molecule has 0 aromatic rings. The molecular weight excluding hydrogens is 212 g/mol. The third-order valence-electron chi connectivity index (χ3n) is 1.65. The van der Waals surface area contributed by atoms with E-state index in [1.165, 1.54) is 0 Å². The van der Waals surface area contributed by atoms with Crippen LogP contribution in [0.1, 0.15) is 6.42 Å². The van der Waals surface area contributed by atoms with Crippen LogP contribution in [0.2, 0.25) is 0 Å². The molecule has 76 valence electrons. The van der Waals surface area contributed by atoms with Crippen LogP contribution in [-0.4, -0.2) is 37.9 Å². The van der Waals surface area contributed by atoms with Crippen LogP contribution in [0, 0.1) is 0 Å². The first-order chi connectivity index (χ1) is 6.38. The standard InChI is InChI=1S/C6H13NO4P2/c1-7(13-10-5-6-11-13)12-8-3-2-4-9-12/h2-6H2,1H3. The second-order valence-electron chi connectivity index (χ2n) is 2.65. The zero-order valence-electron chi connectivity index (χ0n) is 7.51. The molecule has 2 aliphatic rings. The second kappa shape index (κ2) is 4.94. The van der Waals surface area contributed by atoms with Gasteiger partial charge in [0.2, 0.25) is 0 Å². The van der Waals surface area contributed by atoms with Crippen LogP contribution in [0.3, 0.4) is 0 Å². The largest absolute Gasteiger partial charge is 0.322 e. The van der Waals surface area contributed by atoms with E-state index in [0.29, 0.717) is 13.2 Å². The van der Waals surface area contributed by atoms with E-state index in [1.54, 1.807) is 0 Å². The lowest BCUT2D eigenvalue weighted by Crippen LogP contribution is -2.15. The monoisotopic (exact) mass is 225 g/mol. The number of rotatable bonds is 2. The highest BCUT2D eigenvalue weighted by Gasteiger charge is 2.32. The minimum atomic E-state index is -0.932. The van der Waals surface area contributed by atoms with Gasteiger partial charge in [-0.3, -0.25) is 0 Å². The molecule has 0 unspecified atom stereocenters. The molecule has 2 heterocycles. The summed E-state index contributed by atoms with van der Waals surface area (Å²) >= 11 is 0. The van der Waals surface area contributed by atoms with Crippen LogP contribution in [0.25, 0.3) is 0 Å². The van der Waals surface area contributed by atoms with Crippen molar-refractivity contribution in [2.75, 3.05) is 33.5 Å². The normalized spacial score (nSPS) is 27.2. The molecular formula is C6H13NO4P2. The van der Waals surface area contributed by atoms with Crippen molar-refractivity contribution in [3.63, 3.8) is 0 Å². The fourth-order valence-corrected chi connectivity index (χ4v) is 3.99. The zero-order valence-corrected chi connectivity index (χ0v) is 9.30. The molecule has 13 heavy (non-hydrogen) atoms. The lowest BCUT2D eigenvalue weighted by Gasteiger charge is -2.30. The topological polar surface area (TPSA) is 40.2 Å². The number of nitrogens with zero attached hydrogens (tertiary/aromatic N) is 1. The number of hydrogen-bond donors (Lipinski definition) is 0. The van der Waals surface area contributed by atoms with Gasteiger partial charge in [-0.1, -0.05) is 0 Å². The maximum atomic E-state index is 5.48. The Kier molecular flexibility index (Phi) is 3.87. The van der Waals surface area contributed by atoms with Gasteiger partial charge in [0.15, 0.2) is 0 Å². The molecule has 7 heteroatoms. The van der Waals surface area contributed by atoms with Gasteiger partial charge in [0.25, 0.3) is 17.1 Å². The van der Waals surface area contributed by atoms with Crippen molar-refractivity contribution in [2.45, 2.75) is 6.42 Å². The summed E-state index contributed by atoms with van der Waals surface area (Å²) in [6.07, 6.45) is 0.978. The summed E-state index contributed by atoms with van der Waals surface area (Å²) in [6, 6.07) is 0. The van der Waals surface area contributed by atoms with Gasteiger partial charge in [-0.2, -0.15) is 4.44 Å². The summed E-state index contributed by atoms with van der Waals surface area (Å²) < 4.78 is 23.7. The lowest BCUT2D eigenvalue weighted by molar-refractivity contribution is 0.164. The van der Waals surface area contributed by atoms with Crippen molar-refractivity contribution in [2.24, 2.45) is 0 Å².